The van der Waals surface area contributed by atoms with Crippen LogP contribution < -0.4 is 10.6 Å². The monoisotopic (exact) mass is 503 g/mol. The van der Waals surface area contributed by atoms with E-state index in [4.69, 9.17) is 0 Å². The molecule has 0 bridgehead atoms. The molecule has 0 aliphatic carbocycles. The highest BCUT2D eigenvalue weighted by molar-refractivity contribution is 14.0. The molecule has 1 aromatic carbocycles. The number of likely N-dealkylation sites (N-methyl/N-ethyl adjacent to an activating group) is 1. The summed E-state index contributed by atoms with van der Waals surface area (Å²) >= 11 is 0. The molecule has 0 radical (unpaired) electrons. The number of hydrogen-bond donors (Lipinski definition) is 2. The highest BCUT2D eigenvalue weighted by Gasteiger charge is 2.20. The third-order valence-electron chi connectivity index (χ3n) is 5.03. The van der Waals surface area contributed by atoms with Crippen LogP contribution in [0.4, 0.5) is 0 Å². The Morgan fingerprint density at radius 2 is 1.61 bits per heavy atom. The molecular weight excluding hydrogens is 465 g/mol. The smallest absolute Gasteiger partial charge is 0.253 e. The number of aliphatic imine (C=N–C) groups is 1. The second kappa shape index (κ2) is 13.8. The lowest BCUT2D eigenvalue weighted by Gasteiger charge is -2.32. The van der Waals surface area contributed by atoms with Crippen LogP contribution in [0.5, 0.6) is 0 Å². The second-order valence-corrected chi connectivity index (χ2v) is 7.31. The number of halogens is 1. The number of amides is 1. The summed E-state index contributed by atoms with van der Waals surface area (Å²) in [5.41, 5.74) is 1.81. The zero-order valence-corrected chi connectivity index (χ0v) is 20.8. The molecule has 28 heavy (non-hydrogen) atoms. The number of nitrogens with zero attached hydrogens (tertiary/aromatic N) is 3. The fourth-order valence-electron chi connectivity index (χ4n) is 3.23. The van der Waals surface area contributed by atoms with Crippen LogP contribution in [0, 0.1) is 5.92 Å². The maximum Gasteiger partial charge on any atom is 0.253 e. The molecular formula is C21H38IN5O. The number of benzene rings is 1. The molecule has 1 aromatic rings. The van der Waals surface area contributed by atoms with Gasteiger partial charge >= 0.3 is 0 Å². The Balaban J connectivity index is 0.00000729. The van der Waals surface area contributed by atoms with Gasteiger partial charge in [-0.3, -0.25) is 9.79 Å². The lowest BCUT2D eigenvalue weighted by Crippen LogP contribution is -2.47. The Hall–Kier alpha value is -1.35. The maximum atomic E-state index is 12.0. The van der Waals surface area contributed by atoms with Crippen molar-refractivity contribution < 1.29 is 4.79 Å². The van der Waals surface area contributed by atoms with E-state index in [1.54, 1.807) is 26.0 Å². The summed E-state index contributed by atoms with van der Waals surface area (Å²) in [5, 5.41) is 6.80. The summed E-state index contributed by atoms with van der Waals surface area (Å²) in [6.45, 7) is 6.02. The van der Waals surface area contributed by atoms with Crippen molar-refractivity contribution in [2.75, 3.05) is 41.8 Å². The van der Waals surface area contributed by atoms with E-state index >= 15 is 0 Å². The van der Waals surface area contributed by atoms with E-state index in [2.05, 4.69) is 48.5 Å². The highest BCUT2D eigenvalue weighted by Crippen LogP contribution is 2.16. The molecule has 2 N–H and O–H groups in total. The van der Waals surface area contributed by atoms with Crippen LogP contribution in [0.3, 0.4) is 0 Å². The average molecular weight is 503 g/mol. The van der Waals surface area contributed by atoms with Crippen molar-refractivity contribution in [3.8, 4) is 0 Å². The molecule has 0 fully saturated rings. The van der Waals surface area contributed by atoms with Gasteiger partial charge in [0.25, 0.3) is 5.91 Å². The van der Waals surface area contributed by atoms with Crippen LogP contribution in [0.2, 0.25) is 0 Å². The first-order valence-corrected chi connectivity index (χ1v) is 9.75. The lowest BCUT2D eigenvalue weighted by molar-refractivity contribution is 0.0827. The maximum absolute atomic E-state index is 12.0. The van der Waals surface area contributed by atoms with Gasteiger partial charge in [0.2, 0.25) is 0 Å². The van der Waals surface area contributed by atoms with Gasteiger partial charge < -0.3 is 20.4 Å². The first kappa shape index (κ1) is 26.6. The van der Waals surface area contributed by atoms with Crippen molar-refractivity contribution in [3.05, 3.63) is 35.4 Å². The minimum Gasteiger partial charge on any atom is -0.355 e. The van der Waals surface area contributed by atoms with Crippen LogP contribution >= 0.6 is 24.0 Å². The molecule has 1 amide bonds. The summed E-state index contributed by atoms with van der Waals surface area (Å²) in [7, 11) is 9.58. The van der Waals surface area contributed by atoms with Gasteiger partial charge in [0, 0.05) is 45.8 Å². The summed E-state index contributed by atoms with van der Waals surface area (Å²) in [6, 6.07) is 8.15. The average Bonchev–Trinajstić information content (AvgIpc) is 2.66. The van der Waals surface area contributed by atoms with Crippen molar-refractivity contribution in [1.29, 1.82) is 0 Å². The van der Waals surface area contributed by atoms with Crippen LogP contribution in [0.15, 0.2) is 29.3 Å². The van der Waals surface area contributed by atoms with Gasteiger partial charge in [-0.15, -0.1) is 24.0 Å². The fourth-order valence-corrected chi connectivity index (χ4v) is 3.23. The van der Waals surface area contributed by atoms with E-state index in [1.165, 1.54) is 12.8 Å². The Morgan fingerprint density at radius 3 is 2.04 bits per heavy atom. The quantitative estimate of drug-likeness (QED) is 0.309. The van der Waals surface area contributed by atoms with E-state index in [-0.39, 0.29) is 29.9 Å². The lowest BCUT2D eigenvalue weighted by atomic mass is 9.93. The van der Waals surface area contributed by atoms with E-state index in [0.717, 1.165) is 18.1 Å². The van der Waals surface area contributed by atoms with Crippen molar-refractivity contribution in [2.24, 2.45) is 10.9 Å². The topological polar surface area (TPSA) is 60.0 Å². The molecule has 0 aliphatic heterocycles. The van der Waals surface area contributed by atoms with Gasteiger partial charge in [-0.1, -0.05) is 38.8 Å². The number of carbonyl (C=O) groups is 1. The van der Waals surface area contributed by atoms with Crippen LogP contribution in [-0.4, -0.2) is 69.5 Å². The van der Waals surface area contributed by atoms with E-state index in [0.29, 0.717) is 24.1 Å². The predicted molar refractivity (Wildman–Crippen MR) is 130 cm³/mol. The van der Waals surface area contributed by atoms with Gasteiger partial charge in [0.1, 0.15) is 0 Å². The molecule has 0 saturated carbocycles. The molecule has 0 spiro atoms. The van der Waals surface area contributed by atoms with Gasteiger partial charge in [-0.25, -0.2) is 0 Å². The molecule has 6 nitrogen and oxygen atoms in total. The SMILES string of the molecule is CCC(CC)C(CNC(=NC)NCc1ccc(C(=O)N(C)C)cc1)N(C)C.I. The molecule has 0 aliphatic rings. The highest BCUT2D eigenvalue weighted by atomic mass is 127. The Morgan fingerprint density at radius 1 is 1.04 bits per heavy atom. The second-order valence-electron chi connectivity index (χ2n) is 7.31. The first-order chi connectivity index (χ1) is 12.8. The predicted octanol–water partition coefficient (Wildman–Crippen LogP) is 3.04. The largest absolute Gasteiger partial charge is 0.355 e. The fraction of sp³-hybridized carbons (Fsp3) is 0.619. The third-order valence-corrected chi connectivity index (χ3v) is 5.03. The zero-order chi connectivity index (χ0) is 20.4. The summed E-state index contributed by atoms with van der Waals surface area (Å²) < 4.78 is 0. The minimum atomic E-state index is 0. The molecule has 1 unspecified atom stereocenters. The van der Waals surface area contributed by atoms with Gasteiger partial charge in [0.15, 0.2) is 5.96 Å². The standard InChI is InChI=1S/C21H37N5O.HI/c1-8-17(9-2)19(25(4)5)15-24-21(22-3)23-14-16-10-12-18(13-11-16)20(27)26(6)7;/h10-13,17,19H,8-9,14-15H2,1-7H3,(H2,22,23,24);1H. The molecule has 7 heteroatoms. The van der Waals surface area contributed by atoms with Crippen molar-refractivity contribution >= 4 is 35.8 Å². The van der Waals surface area contributed by atoms with Crippen LogP contribution in [0.25, 0.3) is 0 Å². The molecule has 0 aromatic heterocycles. The minimum absolute atomic E-state index is 0. The molecule has 1 atom stereocenters. The number of nitrogens with one attached hydrogen (secondary N) is 2. The first-order valence-electron chi connectivity index (χ1n) is 9.75. The Labute approximate surface area is 188 Å². The van der Waals surface area contributed by atoms with Crippen molar-refractivity contribution in [3.63, 3.8) is 0 Å². The number of guanidine groups is 1. The normalized spacial score (nSPS) is 12.5. The molecule has 1 rings (SSSR count). The van der Waals surface area contributed by atoms with Crippen LogP contribution in [0.1, 0.15) is 42.6 Å². The molecule has 0 heterocycles. The van der Waals surface area contributed by atoms with E-state index in [1.807, 2.05) is 24.3 Å². The molecule has 160 valence electrons. The number of carbonyl (C=O) groups excluding carboxylic acids is 1. The van der Waals surface area contributed by atoms with E-state index in [9.17, 15) is 4.79 Å². The van der Waals surface area contributed by atoms with Crippen molar-refractivity contribution in [1.82, 2.24) is 20.4 Å². The number of rotatable bonds is 9. The van der Waals surface area contributed by atoms with E-state index < -0.39 is 0 Å². The van der Waals surface area contributed by atoms with Gasteiger partial charge in [0.05, 0.1) is 0 Å². The third kappa shape index (κ3) is 8.34. The van der Waals surface area contributed by atoms with Crippen molar-refractivity contribution in [2.45, 2.75) is 39.3 Å². The van der Waals surface area contributed by atoms with Gasteiger partial charge in [-0.2, -0.15) is 0 Å². The Kier molecular flexibility index (Phi) is 13.1. The zero-order valence-electron chi connectivity index (χ0n) is 18.5. The van der Waals surface area contributed by atoms with Gasteiger partial charge in [-0.05, 0) is 37.7 Å². The van der Waals surface area contributed by atoms with Crippen LogP contribution in [-0.2, 0) is 6.54 Å². The Bertz CT molecular complexity index is 597. The molecule has 0 saturated heterocycles. The summed E-state index contributed by atoms with van der Waals surface area (Å²) in [4.78, 5) is 20.2. The number of hydrogen-bond acceptors (Lipinski definition) is 3. The summed E-state index contributed by atoms with van der Waals surface area (Å²) in [6.07, 6.45) is 2.34. The summed E-state index contributed by atoms with van der Waals surface area (Å²) in [5.74, 6) is 1.47.